The number of aliphatic hydroxyl groups is 1. The first-order valence-corrected chi connectivity index (χ1v) is 6.16. The lowest BCUT2D eigenvalue weighted by Crippen LogP contribution is -2.57. The molecule has 0 atom stereocenters. The zero-order valence-corrected chi connectivity index (χ0v) is 11.0. The average Bonchev–Trinajstić information content (AvgIpc) is 2.35. The Balaban J connectivity index is 2.88. The molecule has 0 aromatic carbocycles. The lowest BCUT2D eigenvalue weighted by atomic mass is 10.0. The third-order valence-corrected chi connectivity index (χ3v) is 3.36. The van der Waals surface area contributed by atoms with Crippen molar-refractivity contribution in [3.63, 3.8) is 0 Å². The normalized spacial score (nSPS) is 19.1. The molecule has 1 amide bonds. The number of carbonyl (C=O) groups is 1. The van der Waals surface area contributed by atoms with Crippen LogP contribution < -0.4 is 0 Å². The summed E-state index contributed by atoms with van der Waals surface area (Å²) in [5.74, 6) is -7.71. The van der Waals surface area contributed by atoms with Crippen molar-refractivity contribution < 1.29 is 31.9 Å². The summed E-state index contributed by atoms with van der Waals surface area (Å²) in [6.07, 6.45) is -5.32. The first-order valence-electron chi connectivity index (χ1n) is 6.16. The van der Waals surface area contributed by atoms with E-state index in [4.69, 9.17) is 5.11 Å². The minimum atomic E-state index is -5.93. The highest BCUT2D eigenvalue weighted by Crippen LogP contribution is 2.37. The van der Waals surface area contributed by atoms with E-state index in [9.17, 15) is 26.7 Å². The van der Waals surface area contributed by atoms with Crippen LogP contribution in [0, 0.1) is 0 Å². The van der Waals surface area contributed by atoms with Crippen molar-refractivity contribution in [1.82, 2.24) is 9.80 Å². The summed E-state index contributed by atoms with van der Waals surface area (Å²) in [6, 6.07) is -0.709. The highest BCUT2D eigenvalue weighted by atomic mass is 19.4. The van der Waals surface area contributed by atoms with Gasteiger partial charge in [0.05, 0.1) is 6.61 Å². The Morgan fingerprint density at radius 2 is 1.75 bits per heavy atom. The van der Waals surface area contributed by atoms with E-state index < -0.39 is 37.2 Å². The number of nitrogens with zero attached hydrogens (tertiary/aromatic N) is 2. The fourth-order valence-corrected chi connectivity index (χ4v) is 2.17. The van der Waals surface area contributed by atoms with Gasteiger partial charge in [0.2, 0.25) is 0 Å². The van der Waals surface area contributed by atoms with E-state index in [2.05, 4.69) is 0 Å². The number of hydrogen-bond donors (Lipinski definition) is 1. The molecule has 1 saturated heterocycles. The number of halogens is 5. The van der Waals surface area contributed by atoms with Crippen LogP contribution >= 0.6 is 0 Å². The number of carbonyl (C=O) groups excluding carboxylic acids is 1. The van der Waals surface area contributed by atoms with E-state index in [0.29, 0.717) is 30.8 Å². The van der Waals surface area contributed by atoms with Gasteiger partial charge < -0.3 is 14.9 Å². The summed E-state index contributed by atoms with van der Waals surface area (Å²) in [6.45, 7) is -0.195. The Morgan fingerprint density at radius 3 is 2.15 bits per heavy atom. The van der Waals surface area contributed by atoms with Crippen LogP contribution in [-0.4, -0.2) is 72.2 Å². The summed E-state index contributed by atoms with van der Waals surface area (Å²) >= 11 is 0. The summed E-state index contributed by atoms with van der Waals surface area (Å²) < 4.78 is 63.0. The molecular weight excluding hydrogens is 287 g/mol. The molecule has 0 unspecified atom stereocenters. The van der Waals surface area contributed by atoms with Crippen LogP contribution in [0.2, 0.25) is 0 Å². The molecule has 9 heteroatoms. The Bertz CT molecular complexity index is 340. The first-order chi connectivity index (χ1) is 9.11. The number of aliphatic hydroxyl groups excluding tert-OH is 1. The maximum absolute atomic E-state index is 13.1. The average molecular weight is 304 g/mol. The topological polar surface area (TPSA) is 43.8 Å². The van der Waals surface area contributed by atoms with Crippen molar-refractivity contribution in [2.24, 2.45) is 0 Å². The second-order valence-electron chi connectivity index (χ2n) is 4.83. The molecule has 0 spiro atoms. The van der Waals surface area contributed by atoms with Gasteiger partial charge in [-0.05, 0) is 33.0 Å². The molecule has 1 heterocycles. The minimum Gasteiger partial charge on any atom is -0.395 e. The smallest absolute Gasteiger partial charge is 0.395 e. The fourth-order valence-electron chi connectivity index (χ4n) is 2.17. The molecular formula is C11H17F5N2O2. The number of amides is 1. The lowest BCUT2D eigenvalue weighted by molar-refractivity contribution is -0.275. The number of alkyl halides is 5. The molecule has 1 aliphatic rings. The standard InChI is InChI=1S/C11H17F5N2O2/c1-17-4-2-8(3-5-17)18(6-7-19)9(20)10(12,13)11(14,15)16/h8,19H,2-7H2,1H3. The van der Waals surface area contributed by atoms with Gasteiger partial charge >= 0.3 is 18.0 Å². The summed E-state index contributed by atoms with van der Waals surface area (Å²) in [7, 11) is 1.79. The Morgan fingerprint density at radius 1 is 1.25 bits per heavy atom. The van der Waals surface area contributed by atoms with E-state index in [1.807, 2.05) is 4.90 Å². The fraction of sp³-hybridized carbons (Fsp3) is 0.909. The molecule has 0 radical (unpaired) electrons. The SMILES string of the molecule is CN1CCC(N(CCO)C(=O)C(F)(F)C(F)(F)F)CC1. The molecule has 1 rings (SSSR count). The second kappa shape index (κ2) is 6.21. The van der Waals surface area contributed by atoms with Gasteiger partial charge in [0, 0.05) is 12.6 Å². The van der Waals surface area contributed by atoms with Gasteiger partial charge in [-0.2, -0.15) is 22.0 Å². The van der Waals surface area contributed by atoms with Crippen LogP contribution in [0.4, 0.5) is 22.0 Å². The molecule has 1 aliphatic heterocycles. The van der Waals surface area contributed by atoms with Crippen LogP contribution in [0.5, 0.6) is 0 Å². The summed E-state index contributed by atoms with van der Waals surface area (Å²) in [5.41, 5.74) is 0. The maximum atomic E-state index is 13.1. The van der Waals surface area contributed by atoms with Gasteiger partial charge in [0.1, 0.15) is 0 Å². The first kappa shape index (κ1) is 17.1. The lowest BCUT2D eigenvalue weighted by Gasteiger charge is -2.38. The zero-order valence-electron chi connectivity index (χ0n) is 11.0. The van der Waals surface area contributed by atoms with Crippen molar-refractivity contribution in [3.05, 3.63) is 0 Å². The third kappa shape index (κ3) is 3.57. The minimum absolute atomic E-state index is 0.302. The highest BCUT2D eigenvalue weighted by molar-refractivity contribution is 5.84. The molecule has 0 aromatic rings. The van der Waals surface area contributed by atoms with Gasteiger partial charge in [0.25, 0.3) is 0 Å². The van der Waals surface area contributed by atoms with Crippen LogP contribution in [0.15, 0.2) is 0 Å². The van der Waals surface area contributed by atoms with E-state index in [1.165, 1.54) is 0 Å². The third-order valence-electron chi connectivity index (χ3n) is 3.36. The van der Waals surface area contributed by atoms with Crippen LogP contribution in [0.25, 0.3) is 0 Å². The van der Waals surface area contributed by atoms with E-state index in [0.717, 1.165) is 0 Å². The van der Waals surface area contributed by atoms with Crippen molar-refractivity contribution in [3.8, 4) is 0 Å². The zero-order chi connectivity index (χ0) is 15.6. The molecule has 0 aromatic heterocycles. The largest absolute Gasteiger partial charge is 0.463 e. The van der Waals surface area contributed by atoms with Gasteiger partial charge in [0.15, 0.2) is 0 Å². The number of rotatable bonds is 4. The Labute approximate surface area is 113 Å². The Kier molecular flexibility index (Phi) is 5.31. The van der Waals surface area contributed by atoms with Crippen molar-refractivity contribution in [2.75, 3.05) is 33.3 Å². The van der Waals surface area contributed by atoms with Gasteiger partial charge in [-0.15, -0.1) is 0 Å². The second-order valence-corrected chi connectivity index (χ2v) is 4.83. The van der Waals surface area contributed by atoms with Crippen LogP contribution in [0.3, 0.4) is 0 Å². The van der Waals surface area contributed by atoms with E-state index >= 15 is 0 Å². The molecule has 1 fully saturated rings. The monoisotopic (exact) mass is 304 g/mol. The quantitative estimate of drug-likeness (QED) is 0.791. The predicted molar refractivity (Wildman–Crippen MR) is 60.3 cm³/mol. The Hall–Kier alpha value is -0.960. The van der Waals surface area contributed by atoms with Gasteiger partial charge in [-0.25, -0.2) is 0 Å². The summed E-state index contributed by atoms with van der Waals surface area (Å²) in [5, 5.41) is 8.81. The van der Waals surface area contributed by atoms with E-state index in [1.54, 1.807) is 7.05 Å². The number of hydrogen-bond acceptors (Lipinski definition) is 3. The van der Waals surface area contributed by atoms with Crippen LogP contribution in [0.1, 0.15) is 12.8 Å². The highest BCUT2D eigenvalue weighted by Gasteiger charge is 2.65. The molecule has 118 valence electrons. The molecule has 4 nitrogen and oxygen atoms in total. The number of piperidine rings is 1. The molecule has 0 bridgehead atoms. The summed E-state index contributed by atoms with van der Waals surface area (Å²) in [4.78, 5) is 13.9. The predicted octanol–water partition coefficient (Wildman–Crippen LogP) is 1.10. The molecule has 1 N–H and O–H groups in total. The maximum Gasteiger partial charge on any atom is 0.463 e. The van der Waals surface area contributed by atoms with Gasteiger partial charge in [-0.3, -0.25) is 4.79 Å². The van der Waals surface area contributed by atoms with Crippen molar-refractivity contribution in [1.29, 1.82) is 0 Å². The molecule has 0 saturated carbocycles. The van der Waals surface area contributed by atoms with Crippen molar-refractivity contribution in [2.45, 2.75) is 31.0 Å². The number of likely N-dealkylation sites (tertiary alicyclic amines) is 1. The molecule has 0 aliphatic carbocycles. The molecule has 20 heavy (non-hydrogen) atoms. The van der Waals surface area contributed by atoms with E-state index in [-0.39, 0.29) is 0 Å². The van der Waals surface area contributed by atoms with Gasteiger partial charge in [-0.1, -0.05) is 0 Å². The van der Waals surface area contributed by atoms with Crippen molar-refractivity contribution >= 4 is 5.91 Å². The van der Waals surface area contributed by atoms with Crippen LogP contribution in [-0.2, 0) is 4.79 Å².